The highest BCUT2D eigenvalue weighted by Gasteiger charge is 2.48. The lowest BCUT2D eigenvalue weighted by Crippen LogP contribution is -2.44. The van der Waals surface area contributed by atoms with Gasteiger partial charge in [-0.05, 0) is 43.5 Å². The zero-order chi connectivity index (χ0) is 18.3. The van der Waals surface area contributed by atoms with Crippen LogP contribution in [-0.2, 0) is 9.48 Å². The fraction of sp³-hybridized carbons (Fsp3) is 0.444. The van der Waals surface area contributed by atoms with Gasteiger partial charge in [-0.1, -0.05) is 0 Å². The van der Waals surface area contributed by atoms with Crippen molar-refractivity contribution in [1.29, 1.82) is 0 Å². The van der Waals surface area contributed by atoms with Crippen LogP contribution in [0.2, 0.25) is 5.28 Å². The summed E-state index contributed by atoms with van der Waals surface area (Å²) >= 11 is 7.57. The molecule has 1 aromatic carbocycles. The largest absolute Gasteiger partial charge is 0.377 e. The summed E-state index contributed by atoms with van der Waals surface area (Å²) in [6.45, 7) is 4.09. The summed E-state index contributed by atoms with van der Waals surface area (Å²) in [7, 11) is 0. The Hall–Kier alpha value is -1.44. The van der Waals surface area contributed by atoms with Crippen LogP contribution in [0.25, 0.3) is 0 Å². The molecule has 0 N–H and O–H groups in total. The molecule has 8 heteroatoms. The Morgan fingerprint density at radius 1 is 1.27 bits per heavy atom. The van der Waals surface area contributed by atoms with Gasteiger partial charge in [-0.15, -0.1) is 11.8 Å². The van der Waals surface area contributed by atoms with E-state index < -0.39 is 11.6 Å². The van der Waals surface area contributed by atoms with E-state index in [0.29, 0.717) is 18.1 Å². The molecule has 0 amide bonds. The van der Waals surface area contributed by atoms with Gasteiger partial charge in [0.25, 0.3) is 0 Å². The number of hydrogen-bond acceptors (Lipinski definition) is 5. The number of nitrogens with zero attached hydrogens (tertiary/aromatic N) is 3. The SMILES string of the molecule is C[C@H]1COCCN1c1cc(C2(Sc3ccc(F)cc3F)CC2)nc(Cl)n1. The maximum Gasteiger partial charge on any atom is 0.224 e. The molecule has 2 heterocycles. The van der Waals surface area contributed by atoms with E-state index in [1.807, 2.05) is 6.07 Å². The first-order chi connectivity index (χ1) is 12.5. The van der Waals surface area contributed by atoms with Gasteiger partial charge >= 0.3 is 0 Å². The molecule has 2 aromatic rings. The maximum absolute atomic E-state index is 14.1. The van der Waals surface area contributed by atoms with Gasteiger partial charge in [-0.2, -0.15) is 0 Å². The van der Waals surface area contributed by atoms with Crippen molar-refractivity contribution in [1.82, 2.24) is 9.97 Å². The Kier molecular flexibility index (Phi) is 4.79. The van der Waals surface area contributed by atoms with Crippen LogP contribution in [0.5, 0.6) is 0 Å². The Morgan fingerprint density at radius 2 is 2.08 bits per heavy atom. The Labute approximate surface area is 159 Å². The number of halogens is 3. The first-order valence-corrected chi connectivity index (χ1v) is 9.70. The highest BCUT2D eigenvalue weighted by Crippen LogP contribution is 2.59. The quantitative estimate of drug-likeness (QED) is 0.714. The molecule has 1 aliphatic heterocycles. The van der Waals surface area contributed by atoms with Crippen molar-refractivity contribution in [3.63, 3.8) is 0 Å². The molecule has 1 atom stereocenters. The van der Waals surface area contributed by atoms with Crippen LogP contribution in [0.15, 0.2) is 29.2 Å². The van der Waals surface area contributed by atoms with E-state index in [0.717, 1.165) is 37.0 Å². The Balaban J connectivity index is 1.64. The van der Waals surface area contributed by atoms with E-state index in [4.69, 9.17) is 16.3 Å². The number of benzene rings is 1. The number of aromatic nitrogens is 2. The fourth-order valence-electron chi connectivity index (χ4n) is 3.15. The second kappa shape index (κ2) is 6.94. The van der Waals surface area contributed by atoms with E-state index in [-0.39, 0.29) is 16.1 Å². The van der Waals surface area contributed by atoms with Crippen molar-refractivity contribution in [3.8, 4) is 0 Å². The van der Waals surface area contributed by atoms with E-state index in [1.54, 1.807) is 0 Å². The summed E-state index contributed by atoms with van der Waals surface area (Å²) in [5, 5.41) is 0.183. The van der Waals surface area contributed by atoms with Crippen LogP contribution in [0.1, 0.15) is 25.5 Å². The molecular weight excluding hydrogens is 380 g/mol. The van der Waals surface area contributed by atoms with Gasteiger partial charge in [0, 0.05) is 23.6 Å². The fourth-order valence-corrected chi connectivity index (χ4v) is 4.55. The zero-order valence-electron chi connectivity index (χ0n) is 14.2. The Morgan fingerprint density at radius 3 is 2.77 bits per heavy atom. The smallest absolute Gasteiger partial charge is 0.224 e. The molecule has 0 unspecified atom stereocenters. The molecule has 2 fully saturated rings. The van der Waals surface area contributed by atoms with Crippen molar-refractivity contribution in [2.45, 2.75) is 35.4 Å². The lowest BCUT2D eigenvalue weighted by molar-refractivity contribution is 0.0985. The van der Waals surface area contributed by atoms with Crippen LogP contribution in [0.4, 0.5) is 14.6 Å². The highest BCUT2D eigenvalue weighted by atomic mass is 35.5. The summed E-state index contributed by atoms with van der Waals surface area (Å²) < 4.78 is 32.4. The molecule has 1 aromatic heterocycles. The summed E-state index contributed by atoms with van der Waals surface area (Å²) in [6, 6.07) is 5.79. The van der Waals surface area contributed by atoms with Gasteiger partial charge < -0.3 is 9.64 Å². The van der Waals surface area contributed by atoms with Crippen molar-refractivity contribution in [3.05, 3.63) is 46.9 Å². The third-order valence-electron chi connectivity index (χ3n) is 4.72. The lowest BCUT2D eigenvalue weighted by Gasteiger charge is -2.34. The maximum atomic E-state index is 14.1. The van der Waals surface area contributed by atoms with Crippen molar-refractivity contribution < 1.29 is 13.5 Å². The summed E-state index contributed by atoms with van der Waals surface area (Å²) in [6.07, 6.45) is 1.72. The van der Waals surface area contributed by atoms with Crippen LogP contribution in [-0.4, -0.2) is 35.8 Å². The van der Waals surface area contributed by atoms with Gasteiger partial charge in [0.15, 0.2) is 0 Å². The first-order valence-electron chi connectivity index (χ1n) is 8.50. The minimum absolute atomic E-state index is 0.183. The third-order valence-corrected chi connectivity index (χ3v) is 6.45. The van der Waals surface area contributed by atoms with E-state index in [1.165, 1.54) is 23.9 Å². The molecule has 4 rings (SSSR count). The first kappa shape index (κ1) is 17.9. The van der Waals surface area contributed by atoms with Crippen molar-refractivity contribution >= 4 is 29.2 Å². The van der Waals surface area contributed by atoms with Gasteiger partial charge in [-0.25, -0.2) is 18.7 Å². The van der Waals surface area contributed by atoms with Crippen LogP contribution < -0.4 is 4.90 Å². The molecule has 4 nitrogen and oxygen atoms in total. The van der Waals surface area contributed by atoms with Crippen molar-refractivity contribution in [2.24, 2.45) is 0 Å². The molecule has 26 heavy (non-hydrogen) atoms. The predicted molar refractivity (Wildman–Crippen MR) is 97.8 cm³/mol. The molecule has 0 radical (unpaired) electrons. The number of morpholine rings is 1. The standard InChI is InChI=1S/C18H18ClF2N3OS/c1-11-10-25-7-6-24(11)16-9-15(22-17(19)23-16)18(4-5-18)26-14-3-2-12(20)8-13(14)21/h2-3,8-9,11H,4-7,10H2,1H3/t11-/m0/s1. The molecule has 1 saturated carbocycles. The van der Waals surface area contributed by atoms with E-state index >= 15 is 0 Å². The normalized spacial score (nSPS) is 21.7. The van der Waals surface area contributed by atoms with Crippen LogP contribution in [0.3, 0.4) is 0 Å². The molecule has 0 bridgehead atoms. The second-order valence-corrected chi connectivity index (χ2v) is 8.43. The molecular formula is C18H18ClF2N3OS. The molecule has 1 saturated heterocycles. The molecule has 138 valence electrons. The van der Waals surface area contributed by atoms with Crippen LogP contribution in [0, 0.1) is 11.6 Å². The topological polar surface area (TPSA) is 38.2 Å². The van der Waals surface area contributed by atoms with Crippen molar-refractivity contribution in [2.75, 3.05) is 24.7 Å². The number of ether oxygens (including phenoxy) is 1. The van der Waals surface area contributed by atoms with Gasteiger partial charge in [-0.3, -0.25) is 0 Å². The molecule has 2 aliphatic rings. The number of rotatable bonds is 4. The molecule has 1 aliphatic carbocycles. The average molecular weight is 398 g/mol. The average Bonchev–Trinajstić information content (AvgIpc) is 3.38. The zero-order valence-corrected chi connectivity index (χ0v) is 15.8. The Bertz CT molecular complexity index is 834. The van der Waals surface area contributed by atoms with E-state index in [2.05, 4.69) is 21.8 Å². The minimum atomic E-state index is -0.578. The predicted octanol–water partition coefficient (Wildman–Crippen LogP) is 4.41. The highest BCUT2D eigenvalue weighted by molar-refractivity contribution is 8.00. The lowest BCUT2D eigenvalue weighted by atomic mass is 10.2. The second-order valence-electron chi connectivity index (χ2n) is 6.67. The summed E-state index contributed by atoms with van der Waals surface area (Å²) in [5.74, 6) is -0.365. The molecule has 0 spiro atoms. The summed E-state index contributed by atoms with van der Waals surface area (Å²) in [4.78, 5) is 11.4. The minimum Gasteiger partial charge on any atom is -0.377 e. The van der Waals surface area contributed by atoms with Gasteiger partial charge in [0.2, 0.25) is 5.28 Å². The van der Waals surface area contributed by atoms with Gasteiger partial charge in [0.05, 0.1) is 29.7 Å². The van der Waals surface area contributed by atoms with E-state index in [9.17, 15) is 8.78 Å². The monoisotopic (exact) mass is 397 g/mol. The van der Waals surface area contributed by atoms with Gasteiger partial charge in [0.1, 0.15) is 17.5 Å². The number of anilines is 1. The summed E-state index contributed by atoms with van der Waals surface area (Å²) in [5.41, 5.74) is 0.792. The van der Waals surface area contributed by atoms with Crippen LogP contribution >= 0.6 is 23.4 Å². The third kappa shape index (κ3) is 3.52. The number of hydrogen-bond donors (Lipinski definition) is 0. The number of thioether (sulfide) groups is 1.